The van der Waals surface area contributed by atoms with Crippen LogP contribution in [0.4, 0.5) is 30.7 Å². The van der Waals surface area contributed by atoms with Crippen molar-refractivity contribution in [2.24, 2.45) is 5.92 Å². The van der Waals surface area contributed by atoms with E-state index < -0.39 is 47.4 Å². The van der Waals surface area contributed by atoms with Crippen molar-refractivity contribution >= 4 is 5.91 Å². The SMILES string of the molecule is C[C@@H](O[C@H]1CN2C(=O)C=C(C3CC[NH+](C(C)(C)C)CC3)CC2C1c1ccc(F)cc1)c1cc(C(F)(F)F)cc(C(F)(F)F)c1. The standard InChI is InChI=1S/C33H37F7N2O2/c1-19(22-13-24(32(35,36)37)17-25(14-22)33(38,39)40)44-28-18-42-27(30(28)21-5-7-26(34)8-6-21)15-23(16-29(42)43)20-9-11-41(12-10-20)31(2,3)4/h5-8,13-14,16-17,19-20,27-28,30H,9-12,15,18H2,1-4H3/p+1/t19-,27?,28+,30?/m1/s1. The molecule has 3 aliphatic rings. The molecule has 2 aromatic carbocycles. The van der Waals surface area contributed by atoms with E-state index in [1.807, 2.05) is 0 Å². The Morgan fingerprint density at radius 3 is 2.00 bits per heavy atom. The minimum Gasteiger partial charge on any atom is -0.368 e. The first kappa shape index (κ1) is 32.5. The third-order valence-corrected chi connectivity index (χ3v) is 9.52. The van der Waals surface area contributed by atoms with Crippen molar-refractivity contribution in [2.45, 2.75) is 89.0 Å². The molecule has 2 unspecified atom stereocenters. The van der Waals surface area contributed by atoms with Crippen LogP contribution in [0.1, 0.15) is 81.2 Å². The predicted octanol–water partition coefficient (Wildman–Crippen LogP) is 6.73. The van der Waals surface area contributed by atoms with Crippen LogP contribution in [0.5, 0.6) is 0 Å². The summed E-state index contributed by atoms with van der Waals surface area (Å²) in [6, 6.07) is 6.89. The summed E-state index contributed by atoms with van der Waals surface area (Å²) in [6.07, 6.45) is -7.73. The van der Waals surface area contributed by atoms with Gasteiger partial charge in [-0.3, -0.25) is 4.79 Å². The van der Waals surface area contributed by atoms with E-state index >= 15 is 0 Å². The highest BCUT2D eigenvalue weighted by molar-refractivity contribution is 5.90. The second kappa shape index (κ2) is 11.8. The summed E-state index contributed by atoms with van der Waals surface area (Å²) < 4.78 is 101. The van der Waals surface area contributed by atoms with Gasteiger partial charge >= 0.3 is 12.4 Å². The third kappa shape index (κ3) is 6.83. The van der Waals surface area contributed by atoms with Crippen LogP contribution in [0.2, 0.25) is 0 Å². The number of quaternary nitrogens is 1. The Hall–Kier alpha value is -2.92. The first-order valence-corrected chi connectivity index (χ1v) is 15.0. The summed E-state index contributed by atoms with van der Waals surface area (Å²) in [5.74, 6) is -0.859. The Bertz CT molecular complexity index is 1350. The van der Waals surface area contributed by atoms with Crippen molar-refractivity contribution in [1.29, 1.82) is 0 Å². The average Bonchev–Trinajstić information content (AvgIpc) is 3.30. The number of amides is 1. The molecule has 2 aromatic rings. The summed E-state index contributed by atoms with van der Waals surface area (Å²) in [6.45, 7) is 10.1. The minimum atomic E-state index is -4.99. The van der Waals surface area contributed by atoms with Gasteiger partial charge < -0.3 is 14.5 Å². The summed E-state index contributed by atoms with van der Waals surface area (Å²) in [5, 5.41) is 0. The van der Waals surface area contributed by atoms with Crippen molar-refractivity contribution in [2.75, 3.05) is 19.6 Å². The molecule has 0 spiro atoms. The number of ether oxygens (including phenoxy) is 1. The maximum atomic E-state index is 13.9. The van der Waals surface area contributed by atoms with Gasteiger partial charge in [0.15, 0.2) is 0 Å². The van der Waals surface area contributed by atoms with Gasteiger partial charge in [-0.2, -0.15) is 26.3 Å². The molecule has 11 heteroatoms. The smallest absolute Gasteiger partial charge is 0.368 e. The van der Waals surface area contributed by atoms with Gasteiger partial charge in [0.25, 0.3) is 0 Å². The summed E-state index contributed by atoms with van der Waals surface area (Å²) >= 11 is 0. The molecule has 0 aromatic heterocycles. The van der Waals surface area contributed by atoms with E-state index in [1.54, 1.807) is 23.1 Å². The topological polar surface area (TPSA) is 34.0 Å². The maximum Gasteiger partial charge on any atom is 0.416 e. The number of nitrogens with one attached hydrogen (secondary N) is 1. The molecule has 2 fully saturated rings. The molecular weight excluding hydrogens is 589 g/mol. The lowest BCUT2D eigenvalue weighted by atomic mass is 9.79. The van der Waals surface area contributed by atoms with Gasteiger partial charge in [0, 0.05) is 37.4 Å². The van der Waals surface area contributed by atoms with Crippen LogP contribution in [0.25, 0.3) is 0 Å². The van der Waals surface area contributed by atoms with Crippen molar-refractivity contribution < 1.29 is 45.2 Å². The first-order chi connectivity index (χ1) is 20.4. The molecule has 44 heavy (non-hydrogen) atoms. The monoisotopic (exact) mass is 627 g/mol. The Morgan fingerprint density at radius 1 is 0.909 bits per heavy atom. The summed E-state index contributed by atoms with van der Waals surface area (Å²) in [5.41, 5.74) is -1.23. The van der Waals surface area contributed by atoms with Crippen LogP contribution in [-0.4, -0.2) is 48.1 Å². The van der Waals surface area contributed by atoms with Gasteiger partial charge in [-0.15, -0.1) is 0 Å². The van der Waals surface area contributed by atoms with Crippen molar-refractivity contribution in [3.63, 3.8) is 0 Å². The molecule has 5 rings (SSSR count). The number of carbonyl (C=O) groups is 1. The molecule has 3 heterocycles. The number of benzene rings is 2. The van der Waals surface area contributed by atoms with Gasteiger partial charge in [0.2, 0.25) is 5.91 Å². The van der Waals surface area contributed by atoms with E-state index in [9.17, 15) is 35.5 Å². The molecule has 4 atom stereocenters. The van der Waals surface area contributed by atoms with E-state index in [-0.39, 0.29) is 41.6 Å². The number of likely N-dealkylation sites (tertiary alicyclic amines) is 1. The number of piperidine rings is 1. The van der Waals surface area contributed by atoms with Crippen molar-refractivity contribution in [1.82, 2.24) is 4.90 Å². The van der Waals surface area contributed by atoms with Gasteiger partial charge in [0.05, 0.1) is 42.0 Å². The maximum absolute atomic E-state index is 13.9. The fourth-order valence-electron chi connectivity index (χ4n) is 7.09. The fraction of sp³-hybridized carbons (Fsp3) is 0.545. The molecular formula is C33H38F7N2O2+. The van der Waals surface area contributed by atoms with Crippen LogP contribution in [-0.2, 0) is 21.9 Å². The summed E-state index contributed by atoms with van der Waals surface area (Å²) in [4.78, 5) is 16.7. The zero-order valence-corrected chi connectivity index (χ0v) is 25.2. The molecule has 4 nitrogen and oxygen atoms in total. The number of hydrogen-bond acceptors (Lipinski definition) is 2. The quantitative estimate of drug-likeness (QED) is 0.374. The Labute approximate surface area is 252 Å². The van der Waals surface area contributed by atoms with Gasteiger partial charge in [-0.05, 0) is 81.5 Å². The molecule has 2 saturated heterocycles. The highest BCUT2D eigenvalue weighted by Crippen LogP contribution is 2.45. The number of carbonyl (C=O) groups excluding carboxylic acids is 1. The third-order valence-electron chi connectivity index (χ3n) is 9.52. The van der Waals surface area contributed by atoms with Gasteiger partial charge in [-0.25, -0.2) is 4.39 Å². The van der Waals surface area contributed by atoms with Crippen molar-refractivity contribution in [3.8, 4) is 0 Å². The lowest BCUT2D eigenvalue weighted by Crippen LogP contribution is -3.19. The second-order valence-electron chi connectivity index (χ2n) is 13.3. The van der Waals surface area contributed by atoms with E-state index in [2.05, 4.69) is 20.8 Å². The number of rotatable bonds is 5. The molecule has 0 saturated carbocycles. The average molecular weight is 628 g/mol. The largest absolute Gasteiger partial charge is 0.416 e. The van der Waals surface area contributed by atoms with E-state index in [1.165, 1.54) is 24.0 Å². The highest BCUT2D eigenvalue weighted by Gasteiger charge is 2.49. The van der Waals surface area contributed by atoms with Crippen LogP contribution >= 0.6 is 0 Å². The Kier molecular flexibility index (Phi) is 8.70. The second-order valence-corrected chi connectivity index (χ2v) is 13.3. The van der Waals surface area contributed by atoms with E-state index in [4.69, 9.17) is 4.74 Å². The van der Waals surface area contributed by atoms with Crippen LogP contribution < -0.4 is 4.90 Å². The molecule has 0 aliphatic carbocycles. The fourth-order valence-corrected chi connectivity index (χ4v) is 7.09. The zero-order valence-electron chi connectivity index (χ0n) is 25.2. The Morgan fingerprint density at radius 2 is 1.48 bits per heavy atom. The van der Waals surface area contributed by atoms with Crippen LogP contribution in [0, 0.1) is 11.7 Å². The number of alkyl halides is 6. The zero-order chi connectivity index (χ0) is 32.2. The lowest BCUT2D eigenvalue weighted by molar-refractivity contribution is -0.951. The van der Waals surface area contributed by atoms with E-state index in [0.717, 1.165) is 31.5 Å². The van der Waals surface area contributed by atoms with Crippen LogP contribution in [0.3, 0.4) is 0 Å². The normalized spacial score (nSPS) is 27.2. The molecule has 1 N–H and O–H groups in total. The summed E-state index contributed by atoms with van der Waals surface area (Å²) in [7, 11) is 0. The number of hydrogen-bond donors (Lipinski definition) is 1. The van der Waals surface area contributed by atoms with Gasteiger partial charge in [0.1, 0.15) is 5.82 Å². The molecule has 240 valence electrons. The van der Waals surface area contributed by atoms with E-state index in [0.29, 0.717) is 24.1 Å². The molecule has 0 bridgehead atoms. The van der Waals surface area contributed by atoms with Crippen LogP contribution in [0.15, 0.2) is 54.1 Å². The highest BCUT2D eigenvalue weighted by atomic mass is 19.4. The van der Waals surface area contributed by atoms with Gasteiger partial charge in [-0.1, -0.05) is 17.7 Å². The number of halogens is 7. The predicted molar refractivity (Wildman–Crippen MR) is 150 cm³/mol. The lowest BCUT2D eigenvalue weighted by Gasteiger charge is -2.40. The minimum absolute atomic E-state index is 0.0900. The van der Waals surface area contributed by atoms with Crippen molar-refractivity contribution in [3.05, 3.63) is 82.2 Å². The first-order valence-electron chi connectivity index (χ1n) is 15.0. The molecule has 1 amide bonds. The Balaban J connectivity index is 1.42. The number of fused-ring (bicyclic) bond motifs is 1. The molecule has 3 aliphatic heterocycles. The number of nitrogens with zero attached hydrogens (tertiary/aromatic N) is 1. The molecule has 0 radical (unpaired) electrons.